The fraction of sp³-hybridized carbons (Fsp3) is 0.438. The van der Waals surface area contributed by atoms with Crippen molar-refractivity contribution in [1.82, 2.24) is 25.0 Å². The third-order valence-corrected chi connectivity index (χ3v) is 5.01. The van der Waals surface area contributed by atoms with Gasteiger partial charge in [-0.1, -0.05) is 29.3 Å². The van der Waals surface area contributed by atoms with Gasteiger partial charge in [0.15, 0.2) is 0 Å². The first-order valence-electron chi connectivity index (χ1n) is 7.82. The van der Waals surface area contributed by atoms with Crippen molar-refractivity contribution in [2.45, 2.75) is 32.9 Å². The lowest BCUT2D eigenvalue weighted by molar-refractivity contribution is 0.0590. The van der Waals surface area contributed by atoms with E-state index in [-0.39, 0.29) is 23.8 Å². The number of para-hydroxylation sites is 1. The Balaban J connectivity index is 1.96. The molecular formula is C16H19Cl2N5O. The summed E-state index contributed by atoms with van der Waals surface area (Å²) < 4.78 is 1.52. The minimum absolute atomic E-state index is 0.0717. The maximum Gasteiger partial charge on any atom is 0.293 e. The number of aryl methyl sites for hydroxylation is 1. The highest BCUT2D eigenvalue weighted by atomic mass is 35.5. The van der Waals surface area contributed by atoms with E-state index in [1.54, 1.807) is 30.0 Å². The summed E-state index contributed by atoms with van der Waals surface area (Å²) in [6.45, 7) is 7.24. The molecule has 6 nitrogen and oxygen atoms in total. The van der Waals surface area contributed by atoms with Crippen molar-refractivity contribution >= 4 is 29.1 Å². The number of aromatic nitrogens is 3. The Labute approximate surface area is 150 Å². The maximum atomic E-state index is 12.8. The highest BCUT2D eigenvalue weighted by molar-refractivity contribution is 6.37. The van der Waals surface area contributed by atoms with Crippen molar-refractivity contribution in [1.29, 1.82) is 0 Å². The second kappa shape index (κ2) is 6.70. The molecule has 8 heteroatoms. The number of piperazine rings is 1. The largest absolute Gasteiger partial charge is 0.330 e. The molecular weight excluding hydrogens is 349 g/mol. The van der Waals surface area contributed by atoms with Crippen LogP contribution < -0.4 is 5.32 Å². The van der Waals surface area contributed by atoms with E-state index in [0.717, 1.165) is 6.54 Å². The number of carbonyl (C=O) groups excluding carboxylic acids is 1. The van der Waals surface area contributed by atoms with Gasteiger partial charge in [-0.15, -0.1) is 5.10 Å². The molecule has 1 fully saturated rings. The van der Waals surface area contributed by atoms with E-state index in [1.807, 2.05) is 6.92 Å². The average Bonchev–Trinajstić information content (AvgIpc) is 2.91. The number of halogens is 2. The minimum Gasteiger partial charge on any atom is -0.330 e. The molecule has 0 bridgehead atoms. The van der Waals surface area contributed by atoms with Crippen LogP contribution in [-0.4, -0.2) is 50.7 Å². The van der Waals surface area contributed by atoms with Crippen LogP contribution >= 0.6 is 23.2 Å². The molecule has 2 unspecified atom stereocenters. The summed E-state index contributed by atoms with van der Waals surface area (Å²) in [5.74, 6) is 0.537. The number of nitrogens with one attached hydrogen (secondary N) is 1. The Morgan fingerprint density at radius 1 is 1.29 bits per heavy atom. The molecule has 1 amide bonds. The van der Waals surface area contributed by atoms with Crippen LogP contribution in [0, 0.1) is 6.92 Å². The molecule has 128 valence electrons. The lowest BCUT2D eigenvalue weighted by Crippen LogP contribution is -2.57. The zero-order valence-corrected chi connectivity index (χ0v) is 15.3. The van der Waals surface area contributed by atoms with Crippen LogP contribution in [0.4, 0.5) is 0 Å². The van der Waals surface area contributed by atoms with Crippen molar-refractivity contribution < 1.29 is 4.79 Å². The van der Waals surface area contributed by atoms with E-state index < -0.39 is 0 Å². The zero-order valence-electron chi connectivity index (χ0n) is 13.8. The van der Waals surface area contributed by atoms with E-state index in [4.69, 9.17) is 23.2 Å². The lowest BCUT2D eigenvalue weighted by Gasteiger charge is -2.37. The summed E-state index contributed by atoms with van der Waals surface area (Å²) in [7, 11) is 0. The summed E-state index contributed by atoms with van der Waals surface area (Å²) in [6.07, 6.45) is 0. The average molecular weight is 368 g/mol. The van der Waals surface area contributed by atoms with Crippen LogP contribution in [0.5, 0.6) is 0 Å². The maximum absolute atomic E-state index is 12.8. The number of amides is 1. The Morgan fingerprint density at radius 2 is 1.96 bits per heavy atom. The van der Waals surface area contributed by atoms with Crippen LogP contribution in [-0.2, 0) is 0 Å². The fourth-order valence-electron chi connectivity index (χ4n) is 2.86. The van der Waals surface area contributed by atoms with Gasteiger partial charge in [-0.2, -0.15) is 0 Å². The standard InChI is InChI=1S/C16H19Cl2N5O/c1-9-10(2)22(8-7-19-9)16(24)15-20-11(3)23(21-15)14-12(17)5-4-6-13(14)18/h4-6,9-10,19H,7-8H2,1-3H3. The van der Waals surface area contributed by atoms with Gasteiger partial charge in [0.05, 0.1) is 10.0 Å². The molecule has 1 aromatic carbocycles. The number of carbonyl (C=O) groups is 1. The van der Waals surface area contributed by atoms with E-state index in [2.05, 4.69) is 22.3 Å². The van der Waals surface area contributed by atoms with Crippen molar-refractivity contribution in [3.05, 3.63) is 39.9 Å². The van der Waals surface area contributed by atoms with E-state index in [0.29, 0.717) is 28.1 Å². The molecule has 2 aromatic rings. The monoisotopic (exact) mass is 367 g/mol. The highest BCUT2D eigenvalue weighted by Gasteiger charge is 2.31. The van der Waals surface area contributed by atoms with Crippen molar-refractivity contribution in [2.24, 2.45) is 0 Å². The molecule has 0 saturated carbocycles. The number of hydrogen-bond acceptors (Lipinski definition) is 4. The molecule has 1 aliphatic rings. The van der Waals surface area contributed by atoms with Crippen molar-refractivity contribution in [2.75, 3.05) is 13.1 Å². The van der Waals surface area contributed by atoms with Crippen LogP contribution in [0.25, 0.3) is 5.69 Å². The summed E-state index contributed by atoms with van der Waals surface area (Å²) in [5.41, 5.74) is 0.534. The summed E-state index contributed by atoms with van der Waals surface area (Å²) >= 11 is 12.5. The van der Waals surface area contributed by atoms with Gasteiger partial charge in [-0.25, -0.2) is 9.67 Å². The second-order valence-corrected chi connectivity index (χ2v) is 6.76. The van der Waals surface area contributed by atoms with E-state index in [1.165, 1.54) is 4.68 Å². The second-order valence-electron chi connectivity index (χ2n) is 5.95. The van der Waals surface area contributed by atoms with E-state index in [9.17, 15) is 4.79 Å². The molecule has 2 atom stereocenters. The quantitative estimate of drug-likeness (QED) is 0.886. The van der Waals surface area contributed by atoms with Gasteiger partial charge in [0.25, 0.3) is 5.91 Å². The van der Waals surface area contributed by atoms with Crippen LogP contribution in [0.2, 0.25) is 10.0 Å². The minimum atomic E-state index is -0.180. The molecule has 2 heterocycles. The topological polar surface area (TPSA) is 63.1 Å². The molecule has 1 aliphatic heterocycles. The Bertz CT molecular complexity index is 756. The van der Waals surface area contributed by atoms with Crippen LogP contribution in [0.1, 0.15) is 30.3 Å². The van der Waals surface area contributed by atoms with Crippen molar-refractivity contribution in [3.63, 3.8) is 0 Å². The van der Waals surface area contributed by atoms with Gasteiger partial charge in [0, 0.05) is 25.2 Å². The fourth-order valence-corrected chi connectivity index (χ4v) is 3.41. The van der Waals surface area contributed by atoms with Crippen LogP contribution in [0.15, 0.2) is 18.2 Å². The van der Waals surface area contributed by atoms with Gasteiger partial charge < -0.3 is 10.2 Å². The lowest BCUT2D eigenvalue weighted by atomic mass is 10.1. The van der Waals surface area contributed by atoms with Crippen molar-refractivity contribution in [3.8, 4) is 5.69 Å². The number of benzene rings is 1. The Morgan fingerprint density at radius 3 is 2.62 bits per heavy atom. The molecule has 0 radical (unpaired) electrons. The predicted molar refractivity (Wildman–Crippen MR) is 94.1 cm³/mol. The van der Waals surface area contributed by atoms with Crippen LogP contribution in [0.3, 0.4) is 0 Å². The first kappa shape index (κ1) is 17.2. The van der Waals surface area contributed by atoms with Gasteiger partial charge in [-0.3, -0.25) is 4.79 Å². The smallest absolute Gasteiger partial charge is 0.293 e. The molecule has 0 aliphatic carbocycles. The molecule has 3 rings (SSSR count). The molecule has 24 heavy (non-hydrogen) atoms. The molecule has 1 aromatic heterocycles. The third kappa shape index (κ3) is 3.01. The molecule has 1 N–H and O–H groups in total. The third-order valence-electron chi connectivity index (χ3n) is 4.40. The van der Waals surface area contributed by atoms with Gasteiger partial charge in [0.2, 0.25) is 5.82 Å². The summed E-state index contributed by atoms with van der Waals surface area (Å²) in [5, 5.41) is 8.63. The normalized spacial score (nSPS) is 21.1. The number of rotatable bonds is 2. The zero-order chi connectivity index (χ0) is 17.4. The van der Waals surface area contributed by atoms with Gasteiger partial charge >= 0.3 is 0 Å². The number of hydrogen-bond donors (Lipinski definition) is 1. The summed E-state index contributed by atoms with van der Waals surface area (Å²) in [4.78, 5) is 18.9. The SMILES string of the molecule is Cc1nc(C(=O)N2CCNC(C)C2C)nn1-c1c(Cl)cccc1Cl. The first-order valence-corrected chi connectivity index (χ1v) is 8.58. The molecule has 1 saturated heterocycles. The first-order chi connectivity index (χ1) is 11.4. The Kier molecular flexibility index (Phi) is 4.80. The summed E-state index contributed by atoms with van der Waals surface area (Å²) in [6, 6.07) is 5.51. The van der Waals surface area contributed by atoms with Gasteiger partial charge in [0.1, 0.15) is 11.5 Å². The number of nitrogens with zero attached hydrogens (tertiary/aromatic N) is 4. The molecule has 0 spiro atoms. The Hall–Kier alpha value is -1.63. The van der Waals surface area contributed by atoms with Gasteiger partial charge in [-0.05, 0) is 32.9 Å². The highest BCUT2D eigenvalue weighted by Crippen LogP contribution is 2.28. The predicted octanol–water partition coefficient (Wildman–Crippen LogP) is 2.70. The van der Waals surface area contributed by atoms with E-state index >= 15 is 0 Å².